The third-order valence-corrected chi connectivity index (χ3v) is 5.28. The van der Waals surface area contributed by atoms with Gasteiger partial charge in [-0.2, -0.15) is 0 Å². The summed E-state index contributed by atoms with van der Waals surface area (Å²) in [6, 6.07) is 21.1. The van der Waals surface area contributed by atoms with E-state index in [-0.39, 0.29) is 11.9 Å². The highest BCUT2D eigenvalue weighted by atomic mass is 15.0. The highest BCUT2D eigenvalue weighted by molar-refractivity contribution is 6.33. The second-order valence-corrected chi connectivity index (χ2v) is 8.43. The van der Waals surface area contributed by atoms with E-state index in [0.717, 1.165) is 40.6 Å². The molecular weight excluding hydrogens is 418 g/mol. The van der Waals surface area contributed by atoms with Gasteiger partial charge in [0.25, 0.3) is 0 Å². The lowest BCUT2D eigenvalue weighted by Crippen LogP contribution is -2.31. The van der Waals surface area contributed by atoms with E-state index in [9.17, 15) is 0 Å². The fourth-order valence-electron chi connectivity index (χ4n) is 3.86. The molecule has 0 spiro atoms. The van der Waals surface area contributed by atoms with Gasteiger partial charge in [0.05, 0.1) is 0 Å². The Kier molecular flexibility index (Phi) is 8.42. The maximum Gasteiger partial charge on any atom is 0.185 e. The molecule has 3 aromatic rings. The molecule has 0 aliphatic carbocycles. The van der Waals surface area contributed by atoms with E-state index in [1.54, 1.807) is 0 Å². The average Bonchev–Trinajstić information content (AvgIpc) is 2.77. The van der Waals surface area contributed by atoms with Gasteiger partial charge in [-0.25, -0.2) is 0 Å². The molecule has 0 aliphatic heterocycles. The highest BCUT2D eigenvalue weighted by Gasteiger charge is 2.04. The van der Waals surface area contributed by atoms with Crippen molar-refractivity contribution < 1.29 is 0 Å². The van der Waals surface area contributed by atoms with Gasteiger partial charge < -0.3 is 22.1 Å². The van der Waals surface area contributed by atoms with Crippen molar-refractivity contribution in [3.8, 4) is 23.0 Å². The second-order valence-electron chi connectivity index (χ2n) is 8.43. The molecule has 8 N–H and O–H groups in total. The van der Waals surface area contributed by atoms with E-state index >= 15 is 0 Å². The minimum Gasteiger partial charge on any atom is -0.370 e. The Morgan fingerprint density at radius 2 is 1.29 bits per heavy atom. The molecule has 0 aliphatic rings. The van der Waals surface area contributed by atoms with Crippen LogP contribution in [-0.4, -0.2) is 40.7 Å². The zero-order valence-electron chi connectivity index (χ0n) is 19.8. The minimum atomic E-state index is -0.0130. The molecule has 0 aromatic heterocycles. The summed E-state index contributed by atoms with van der Waals surface area (Å²) in [6.07, 6.45) is 1.58. The van der Waals surface area contributed by atoms with Crippen LogP contribution in [0.25, 0.3) is 11.1 Å². The maximum absolute atomic E-state index is 7.31. The Morgan fingerprint density at radius 3 is 1.94 bits per heavy atom. The van der Waals surface area contributed by atoms with Crippen LogP contribution in [0.3, 0.4) is 0 Å². The summed E-state index contributed by atoms with van der Waals surface area (Å²) in [7, 11) is 4.16. The maximum atomic E-state index is 7.31. The van der Waals surface area contributed by atoms with Crippen LogP contribution in [0.5, 0.6) is 0 Å². The van der Waals surface area contributed by atoms with Crippen molar-refractivity contribution in [3.05, 3.63) is 82.9 Å². The molecule has 0 unspecified atom stereocenters. The average molecular weight is 448 g/mol. The summed E-state index contributed by atoms with van der Waals surface area (Å²) in [5, 5.41) is 20.3. The van der Waals surface area contributed by atoms with Crippen molar-refractivity contribution >= 4 is 38.5 Å². The molecule has 0 bridgehead atoms. The lowest BCUT2D eigenvalue weighted by atomic mass is 9.89. The van der Waals surface area contributed by atoms with Gasteiger partial charge >= 0.3 is 0 Å². The first-order valence-corrected chi connectivity index (χ1v) is 11.3. The monoisotopic (exact) mass is 448 g/mol. The predicted octanol–water partition coefficient (Wildman–Crippen LogP) is -0.679. The molecule has 8 heteroatoms. The molecule has 0 radical (unpaired) electrons. The number of nitrogens with one attached hydrogen (secondary N) is 4. The first-order valence-electron chi connectivity index (χ1n) is 11.3. The van der Waals surface area contributed by atoms with Crippen LogP contribution in [0, 0.1) is 22.7 Å². The number of guanidine groups is 2. The zero-order chi connectivity index (χ0) is 24.5. The molecule has 3 aromatic carbocycles. The van der Waals surface area contributed by atoms with Crippen molar-refractivity contribution in [2.45, 2.75) is 12.8 Å². The molecule has 0 heterocycles. The van der Waals surface area contributed by atoms with Gasteiger partial charge in [-0.1, -0.05) is 65.2 Å². The molecule has 0 amide bonds. The number of hydrogen-bond donors (Lipinski definition) is 6. The smallest absolute Gasteiger partial charge is 0.185 e. The van der Waals surface area contributed by atoms with Gasteiger partial charge in [-0.05, 0) is 53.3 Å². The third kappa shape index (κ3) is 7.79. The van der Waals surface area contributed by atoms with Gasteiger partial charge in [-0.3, -0.25) is 10.8 Å². The van der Waals surface area contributed by atoms with Crippen LogP contribution in [-0.2, 0) is 12.8 Å². The summed E-state index contributed by atoms with van der Waals surface area (Å²) in [6.45, 7) is 1.25. The molecule has 3 rings (SSSR count). The van der Waals surface area contributed by atoms with Crippen molar-refractivity contribution in [2.24, 2.45) is 11.5 Å². The van der Waals surface area contributed by atoms with Crippen molar-refractivity contribution in [1.29, 1.82) is 10.8 Å². The number of benzene rings is 3. The molecule has 170 valence electrons. The van der Waals surface area contributed by atoms with Crippen LogP contribution >= 0.6 is 0 Å². The summed E-state index contributed by atoms with van der Waals surface area (Å²) < 4.78 is 0. The molecular formula is C26H30B2N6. The second kappa shape index (κ2) is 11.7. The van der Waals surface area contributed by atoms with E-state index in [0.29, 0.717) is 13.1 Å². The van der Waals surface area contributed by atoms with E-state index < -0.39 is 0 Å². The number of rotatable bonds is 7. The summed E-state index contributed by atoms with van der Waals surface area (Å²) in [5.74, 6) is 6.59. The van der Waals surface area contributed by atoms with Crippen LogP contribution in [0.15, 0.2) is 60.7 Å². The Balaban J connectivity index is 1.79. The Bertz CT molecular complexity index is 1260. The lowest BCUT2D eigenvalue weighted by Gasteiger charge is -2.09. The fourth-order valence-corrected chi connectivity index (χ4v) is 3.86. The topological polar surface area (TPSA) is 124 Å². The molecule has 0 fully saturated rings. The number of nitrogens with two attached hydrogens (primary N) is 2. The molecule has 0 atom stereocenters. The summed E-state index contributed by atoms with van der Waals surface area (Å²) in [5.41, 5.74) is 19.7. The first kappa shape index (κ1) is 24.5. The van der Waals surface area contributed by atoms with Crippen LogP contribution in [0.4, 0.5) is 0 Å². The molecule has 0 saturated heterocycles. The first-order chi connectivity index (χ1) is 16.3. The van der Waals surface area contributed by atoms with Gasteiger partial charge in [-0.15, -0.1) is 0 Å². The van der Waals surface area contributed by atoms with Crippen molar-refractivity contribution in [2.75, 3.05) is 13.1 Å². The van der Waals surface area contributed by atoms with Gasteiger partial charge in [0.1, 0.15) is 15.7 Å². The minimum absolute atomic E-state index is 0.00684. The van der Waals surface area contributed by atoms with Crippen LogP contribution in [0.1, 0.15) is 22.3 Å². The van der Waals surface area contributed by atoms with Gasteiger partial charge in [0.2, 0.25) is 0 Å². The lowest BCUT2D eigenvalue weighted by molar-refractivity contribution is 0.854. The summed E-state index contributed by atoms with van der Waals surface area (Å²) >= 11 is 0. The Labute approximate surface area is 203 Å². The van der Waals surface area contributed by atoms with E-state index in [1.807, 2.05) is 12.1 Å². The van der Waals surface area contributed by atoms with E-state index in [1.165, 1.54) is 16.6 Å². The standard InChI is InChI=1S/C26H30B2N6/c27-23-13-18(10-19(14-23)6-8-33-25(29)30)5-4-17-2-1-3-21(11-17)22-12-20(15-24(28)16-22)7-9-34-26(31)32/h1-3,10-16H,6-9,27-28H2,(H4,29,30,33)(H4,31,32,34). The predicted molar refractivity (Wildman–Crippen MR) is 148 cm³/mol. The molecule has 34 heavy (non-hydrogen) atoms. The molecule has 0 saturated carbocycles. The van der Waals surface area contributed by atoms with E-state index in [4.69, 9.17) is 22.3 Å². The highest BCUT2D eigenvalue weighted by Crippen LogP contribution is 2.21. The number of hydrogen-bond acceptors (Lipinski definition) is 2. The third-order valence-electron chi connectivity index (χ3n) is 5.28. The molecule has 6 nitrogen and oxygen atoms in total. The zero-order valence-corrected chi connectivity index (χ0v) is 19.8. The van der Waals surface area contributed by atoms with Crippen LogP contribution in [0.2, 0.25) is 0 Å². The largest absolute Gasteiger partial charge is 0.370 e. The van der Waals surface area contributed by atoms with Crippen molar-refractivity contribution in [1.82, 2.24) is 10.6 Å². The normalized spacial score (nSPS) is 10.1. The Hall–Kier alpha value is -4.11. The Morgan fingerprint density at radius 1 is 0.706 bits per heavy atom. The summed E-state index contributed by atoms with van der Waals surface area (Å²) in [4.78, 5) is 0. The quantitative estimate of drug-likeness (QED) is 0.124. The SMILES string of the molecule is Bc1cc(C#Cc2cccc(-c3cc(B)cc(CCNC(=N)N)c3)c2)cc(CCNC(=N)N)c1. The van der Waals surface area contributed by atoms with Crippen LogP contribution < -0.4 is 33.0 Å². The van der Waals surface area contributed by atoms with Gasteiger partial charge in [0, 0.05) is 24.2 Å². The van der Waals surface area contributed by atoms with Gasteiger partial charge in [0.15, 0.2) is 11.9 Å². The van der Waals surface area contributed by atoms with E-state index in [2.05, 4.69) is 86.7 Å². The fraction of sp³-hybridized carbons (Fsp3) is 0.154. The van der Waals surface area contributed by atoms with Crippen molar-refractivity contribution in [3.63, 3.8) is 0 Å².